The lowest BCUT2D eigenvalue weighted by atomic mass is 10.0. The second-order valence-electron chi connectivity index (χ2n) is 6.34. The van der Waals surface area contributed by atoms with Gasteiger partial charge in [0.15, 0.2) is 0 Å². The van der Waals surface area contributed by atoms with Gasteiger partial charge < -0.3 is 9.64 Å². The van der Waals surface area contributed by atoms with E-state index < -0.39 is 0 Å². The highest BCUT2D eigenvalue weighted by Crippen LogP contribution is 2.38. The molecule has 0 unspecified atom stereocenters. The average Bonchev–Trinajstić information content (AvgIpc) is 3.10. The van der Waals surface area contributed by atoms with E-state index in [1.807, 2.05) is 37.3 Å². The number of nitrogens with zero attached hydrogens (tertiary/aromatic N) is 2. The number of ether oxygens (including phenoxy) is 1. The topological polar surface area (TPSA) is 53.3 Å². The Bertz CT molecular complexity index is 880. The van der Waals surface area contributed by atoms with Gasteiger partial charge in [-0.15, -0.1) is 6.58 Å². The van der Waals surface area contributed by atoms with Gasteiger partial charge in [-0.05, 0) is 54.7 Å². The fourth-order valence-corrected chi connectivity index (χ4v) is 3.32. The normalized spacial score (nSPS) is 12.4. The molecular formula is C22H22N2O2. The molecule has 0 aliphatic carbocycles. The van der Waals surface area contributed by atoms with Crippen molar-refractivity contribution in [1.82, 2.24) is 0 Å². The molecular weight excluding hydrogens is 324 g/mol. The van der Waals surface area contributed by atoms with Gasteiger partial charge >= 0.3 is 5.97 Å². The van der Waals surface area contributed by atoms with Crippen LogP contribution in [0, 0.1) is 11.3 Å². The zero-order chi connectivity index (χ0) is 18.5. The van der Waals surface area contributed by atoms with Crippen LogP contribution in [0.15, 0.2) is 49.1 Å². The molecule has 1 aliphatic heterocycles. The van der Waals surface area contributed by atoms with Gasteiger partial charge in [-0.3, -0.25) is 0 Å². The number of rotatable bonds is 6. The molecule has 0 atom stereocenters. The molecule has 0 amide bonds. The van der Waals surface area contributed by atoms with E-state index in [2.05, 4.69) is 23.6 Å². The molecule has 4 heteroatoms. The van der Waals surface area contributed by atoms with E-state index in [1.54, 1.807) is 6.07 Å². The van der Waals surface area contributed by atoms with Crippen LogP contribution in [0.5, 0.6) is 0 Å². The third kappa shape index (κ3) is 3.48. The minimum Gasteiger partial charge on any atom is -0.462 e. The Hall–Kier alpha value is -3.06. The lowest BCUT2D eigenvalue weighted by molar-refractivity contribution is 0.0505. The molecule has 1 aliphatic rings. The van der Waals surface area contributed by atoms with E-state index in [0.29, 0.717) is 17.7 Å². The summed E-state index contributed by atoms with van der Waals surface area (Å²) in [4.78, 5) is 14.3. The van der Waals surface area contributed by atoms with Gasteiger partial charge in [0.05, 0.1) is 23.4 Å². The van der Waals surface area contributed by atoms with Crippen LogP contribution in [-0.2, 0) is 17.6 Å². The molecule has 4 nitrogen and oxygen atoms in total. The molecule has 1 heterocycles. The SMILES string of the molecule is C=CCc1cc(C#N)c2c(c1)CCN2c1cccc(C(=O)OCCC)c1. The molecule has 0 saturated heterocycles. The first-order valence-electron chi connectivity index (χ1n) is 8.89. The summed E-state index contributed by atoms with van der Waals surface area (Å²) in [5.74, 6) is -0.310. The van der Waals surface area contributed by atoms with Crippen LogP contribution in [0.25, 0.3) is 0 Å². The third-order valence-corrected chi connectivity index (χ3v) is 4.45. The van der Waals surface area contributed by atoms with Crippen molar-refractivity contribution >= 4 is 17.3 Å². The summed E-state index contributed by atoms with van der Waals surface area (Å²) < 4.78 is 5.23. The van der Waals surface area contributed by atoms with Gasteiger partial charge in [0, 0.05) is 12.2 Å². The lowest BCUT2D eigenvalue weighted by Gasteiger charge is -2.21. The first-order chi connectivity index (χ1) is 12.7. The van der Waals surface area contributed by atoms with Gasteiger partial charge in [0.2, 0.25) is 0 Å². The molecule has 2 aromatic rings. The molecule has 0 radical (unpaired) electrons. The van der Waals surface area contributed by atoms with E-state index >= 15 is 0 Å². The fourth-order valence-electron chi connectivity index (χ4n) is 3.32. The number of hydrogen-bond donors (Lipinski definition) is 0. The molecule has 0 N–H and O–H groups in total. The lowest BCUT2D eigenvalue weighted by Crippen LogP contribution is -2.15. The number of esters is 1. The standard InChI is InChI=1S/C22H22N2O2/c1-3-6-16-12-17-9-10-24(21(17)19(13-16)15-23)20-8-5-7-18(14-20)22(25)26-11-4-2/h3,5,7-8,12-14H,1,4,6,9-11H2,2H3. The van der Waals surface area contributed by atoms with E-state index in [4.69, 9.17) is 4.74 Å². The Labute approximate surface area is 154 Å². The third-order valence-electron chi connectivity index (χ3n) is 4.45. The Morgan fingerprint density at radius 1 is 1.38 bits per heavy atom. The van der Waals surface area contributed by atoms with Crippen LogP contribution in [0.1, 0.15) is 40.4 Å². The molecule has 0 bridgehead atoms. The second-order valence-corrected chi connectivity index (χ2v) is 6.34. The first kappa shape index (κ1) is 17.8. The monoisotopic (exact) mass is 346 g/mol. The minimum atomic E-state index is -0.310. The first-order valence-corrected chi connectivity index (χ1v) is 8.89. The average molecular weight is 346 g/mol. The van der Waals surface area contributed by atoms with Crippen LogP contribution in [0.3, 0.4) is 0 Å². The van der Waals surface area contributed by atoms with Crippen LogP contribution >= 0.6 is 0 Å². The number of hydrogen-bond acceptors (Lipinski definition) is 4. The summed E-state index contributed by atoms with van der Waals surface area (Å²) in [6.07, 6.45) is 4.27. The largest absolute Gasteiger partial charge is 0.462 e. The number of benzene rings is 2. The van der Waals surface area contributed by atoms with Gasteiger partial charge in [0.25, 0.3) is 0 Å². The van der Waals surface area contributed by atoms with E-state index in [-0.39, 0.29) is 5.97 Å². The zero-order valence-corrected chi connectivity index (χ0v) is 15.0. The molecule has 0 spiro atoms. The smallest absolute Gasteiger partial charge is 0.338 e. The van der Waals surface area contributed by atoms with Gasteiger partial charge in [-0.25, -0.2) is 4.79 Å². The van der Waals surface area contributed by atoms with Crippen LogP contribution in [0.2, 0.25) is 0 Å². The highest BCUT2D eigenvalue weighted by atomic mass is 16.5. The molecule has 0 aromatic heterocycles. The highest BCUT2D eigenvalue weighted by Gasteiger charge is 2.25. The number of anilines is 2. The molecule has 0 saturated carbocycles. The summed E-state index contributed by atoms with van der Waals surface area (Å²) in [6.45, 7) is 6.95. The van der Waals surface area contributed by atoms with Gasteiger partial charge in [-0.2, -0.15) is 5.26 Å². The number of carbonyl (C=O) groups excluding carboxylic acids is 1. The van der Waals surface area contributed by atoms with Crippen molar-refractivity contribution in [2.75, 3.05) is 18.1 Å². The molecule has 26 heavy (non-hydrogen) atoms. The van der Waals surface area contributed by atoms with E-state index in [1.165, 1.54) is 5.56 Å². The summed E-state index contributed by atoms with van der Waals surface area (Å²) in [7, 11) is 0. The van der Waals surface area contributed by atoms with Crippen molar-refractivity contribution in [3.63, 3.8) is 0 Å². The maximum atomic E-state index is 12.2. The molecule has 3 rings (SSSR count). The fraction of sp³-hybridized carbons (Fsp3) is 0.273. The summed E-state index contributed by atoms with van der Waals surface area (Å²) in [5.41, 5.74) is 5.32. The van der Waals surface area contributed by atoms with Crippen molar-refractivity contribution < 1.29 is 9.53 Å². The Morgan fingerprint density at radius 3 is 2.96 bits per heavy atom. The predicted molar refractivity (Wildman–Crippen MR) is 103 cm³/mol. The zero-order valence-electron chi connectivity index (χ0n) is 15.0. The Balaban J connectivity index is 1.96. The van der Waals surface area contributed by atoms with Crippen LogP contribution in [0.4, 0.5) is 11.4 Å². The van der Waals surface area contributed by atoms with Crippen molar-refractivity contribution in [2.24, 2.45) is 0 Å². The number of fused-ring (bicyclic) bond motifs is 1. The maximum Gasteiger partial charge on any atom is 0.338 e. The van der Waals surface area contributed by atoms with Crippen molar-refractivity contribution in [3.8, 4) is 6.07 Å². The predicted octanol–water partition coefficient (Wildman–Crippen LogP) is 4.55. The van der Waals surface area contributed by atoms with E-state index in [0.717, 1.165) is 42.7 Å². The molecule has 0 fully saturated rings. The minimum absolute atomic E-state index is 0.310. The van der Waals surface area contributed by atoms with Gasteiger partial charge in [0.1, 0.15) is 6.07 Å². The summed E-state index contributed by atoms with van der Waals surface area (Å²) in [6, 6.07) is 13.8. The number of nitriles is 1. The van der Waals surface area contributed by atoms with Crippen LogP contribution in [-0.4, -0.2) is 19.1 Å². The number of allylic oxidation sites excluding steroid dienone is 1. The maximum absolute atomic E-state index is 12.2. The quantitative estimate of drug-likeness (QED) is 0.569. The Kier molecular flexibility index (Phi) is 5.38. The van der Waals surface area contributed by atoms with E-state index in [9.17, 15) is 10.1 Å². The molecule has 132 valence electrons. The van der Waals surface area contributed by atoms with Gasteiger partial charge in [-0.1, -0.05) is 25.1 Å². The summed E-state index contributed by atoms with van der Waals surface area (Å²) >= 11 is 0. The highest BCUT2D eigenvalue weighted by molar-refractivity contribution is 5.91. The molecule has 2 aromatic carbocycles. The van der Waals surface area contributed by atoms with Crippen molar-refractivity contribution in [1.29, 1.82) is 5.26 Å². The van der Waals surface area contributed by atoms with Crippen molar-refractivity contribution in [2.45, 2.75) is 26.2 Å². The summed E-state index contributed by atoms with van der Waals surface area (Å²) in [5, 5.41) is 9.62. The van der Waals surface area contributed by atoms with Crippen LogP contribution < -0.4 is 4.90 Å². The number of carbonyl (C=O) groups is 1. The van der Waals surface area contributed by atoms with Crippen molar-refractivity contribution in [3.05, 3.63) is 71.3 Å². The second kappa shape index (κ2) is 7.88. The Morgan fingerprint density at radius 2 is 2.23 bits per heavy atom.